The zero-order chi connectivity index (χ0) is 20.1. The quantitative estimate of drug-likeness (QED) is 0.520. The fourth-order valence-electron chi connectivity index (χ4n) is 8.40. The van der Waals surface area contributed by atoms with Crippen LogP contribution in [0.25, 0.3) is 0 Å². The van der Waals surface area contributed by atoms with Crippen LogP contribution >= 0.6 is 0 Å². The predicted molar refractivity (Wildman–Crippen MR) is 112 cm³/mol. The Balaban J connectivity index is 1.55. The van der Waals surface area contributed by atoms with Crippen molar-refractivity contribution < 1.29 is 14.6 Å². The van der Waals surface area contributed by atoms with Crippen LogP contribution in [0.5, 0.6) is 0 Å². The first-order chi connectivity index (χ1) is 13.3. The predicted octanol–water partition coefficient (Wildman–Crippen LogP) is 5.37. The summed E-state index contributed by atoms with van der Waals surface area (Å²) in [6.45, 7) is 7.21. The Labute approximate surface area is 171 Å². The zero-order valence-corrected chi connectivity index (χ0v) is 18.3. The molecular formula is C25H40O3. The monoisotopic (exact) mass is 388 g/mol. The van der Waals surface area contributed by atoms with Crippen LogP contribution in [0.3, 0.4) is 0 Å². The van der Waals surface area contributed by atoms with Crippen molar-refractivity contribution in [3.8, 4) is 0 Å². The van der Waals surface area contributed by atoms with E-state index in [0.717, 1.165) is 24.7 Å². The lowest BCUT2D eigenvalue weighted by atomic mass is 9.44. The Kier molecular flexibility index (Phi) is 5.44. The number of hydrogen-bond donors (Lipinski definition) is 1. The number of esters is 1. The van der Waals surface area contributed by atoms with E-state index in [1.165, 1.54) is 45.6 Å². The van der Waals surface area contributed by atoms with Crippen LogP contribution < -0.4 is 0 Å². The van der Waals surface area contributed by atoms with Gasteiger partial charge >= 0.3 is 5.97 Å². The number of aliphatic hydroxyl groups is 1. The number of fused-ring (bicyclic) bond motifs is 5. The average molecular weight is 389 g/mol. The van der Waals surface area contributed by atoms with E-state index in [2.05, 4.69) is 32.9 Å². The number of aliphatic hydroxyl groups excluding tert-OH is 1. The van der Waals surface area contributed by atoms with Crippen LogP contribution in [-0.4, -0.2) is 24.3 Å². The van der Waals surface area contributed by atoms with Gasteiger partial charge in [0.15, 0.2) is 0 Å². The van der Waals surface area contributed by atoms with Gasteiger partial charge in [0.25, 0.3) is 0 Å². The van der Waals surface area contributed by atoms with E-state index in [0.29, 0.717) is 35.5 Å². The molecule has 3 fully saturated rings. The summed E-state index contributed by atoms with van der Waals surface area (Å²) in [5.74, 6) is 3.70. The number of hydrogen-bond acceptors (Lipinski definition) is 3. The maximum Gasteiger partial charge on any atom is 0.305 e. The normalized spacial score (nSPS) is 48.3. The van der Waals surface area contributed by atoms with Crippen LogP contribution in [-0.2, 0) is 9.53 Å². The van der Waals surface area contributed by atoms with Crippen molar-refractivity contribution in [3.63, 3.8) is 0 Å². The highest BCUT2D eigenvalue weighted by atomic mass is 16.5. The van der Waals surface area contributed by atoms with E-state index in [9.17, 15) is 9.90 Å². The van der Waals surface area contributed by atoms with E-state index in [1.807, 2.05) is 0 Å². The summed E-state index contributed by atoms with van der Waals surface area (Å²) in [4.78, 5) is 11.6. The van der Waals surface area contributed by atoms with Crippen LogP contribution in [0.4, 0.5) is 0 Å². The Morgan fingerprint density at radius 3 is 2.75 bits per heavy atom. The summed E-state index contributed by atoms with van der Waals surface area (Å²) in [6, 6.07) is 0. The smallest absolute Gasteiger partial charge is 0.305 e. The molecule has 0 aromatic heterocycles. The highest BCUT2D eigenvalue weighted by molar-refractivity contribution is 5.69. The van der Waals surface area contributed by atoms with E-state index >= 15 is 0 Å². The Morgan fingerprint density at radius 1 is 1.21 bits per heavy atom. The third-order valence-corrected chi connectivity index (χ3v) is 10.1. The summed E-state index contributed by atoms with van der Waals surface area (Å²) in [5, 5.41) is 11.5. The Morgan fingerprint density at radius 2 is 2.00 bits per heavy atom. The molecule has 0 spiro atoms. The van der Waals surface area contributed by atoms with Crippen molar-refractivity contribution in [2.75, 3.05) is 7.11 Å². The molecule has 158 valence electrons. The molecule has 0 aromatic rings. The summed E-state index contributed by atoms with van der Waals surface area (Å²) < 4.78 is 4.85. The summed E-state index contributed by atoms with van der Waals surface area (Å²) in [5.41, 5.74) is 0.402. The molecule has 0 heterocycles. The molecule has 28 heavy (non-hydrogen) atoms. The molecule has 0 unspecified atom stereocenters. The van der Waals surface area contributed by atoms with Gasteiger partial charge in [-0.05, 0) is 97.7 Å². The molecule has 4 aliphatic rings. The van der Waals surface area contributed by atoms with Crippen molar-refractivity contribution in [1.82, 2.24) is 0 Å². The number of carbonyl (C=O) groups excluding carboxylic acids is 1. The van der Waals surface area contributed by atoms with Gasteiger partial charge in [-0.25, -0.2) is 0 Å². The maximum atomic E-state index is 11.6. The number of carbonyl (C=O) groups is 1. The maximum absolute atomic E-state index is 11.6. The van der Waals surface area contributed by atoms with Gasteiger partial charge in [-0.15, -0.1) is 0 Å². The number of ether oxygens (including phenoxy) is 1. The number of methoxy groups -OCH3 is 1. The minimum Gasteiger partial charge on any atom is -0.469 e. The molecule has 0 aromatic carbocycles. The van der Waals surface area contributed by atoms with Gasteiger partial charge in [0, 0.05) is 6.42 Å². The van der Waals surface area contributed by atoms with Crippen LogP contribution in [0, 0.1) is 46.3 Å². The second-order valence-corrected chi connectivity index (χ2v) is 10.9. The molecule has 3 saturated carbocycles. The van der Waals surface area contributed by atoms with Gasteiger partial charge in [-0.2, -0.15) is 0 Å². The van der Waals surface area contributed by atoms with Gasteiger partial charge in [-0.1, -0.05) is 32.9 Å². The highest BCUT2D eigenvalue weighted by Crippen LogP contribution is 2.67. The van der Waals surface area contributed by atoms with Crippen molar-refractivity contribution in [1.29, 1.82) is 0 Å². The SMILES string of the molecule is COC(=O)CC[C@@H](C)[C@H]1CC[C@H]2[C@@H]3CC[C@@H]4C=CCC[C@]4(C)[C@H]3C[C@H](O)[C@]12C. The van der Waals surface area contributed by atoms with E-state index in [4.69, 9.17) is 4.74 Å². The zero-order valence-electron chi connectivity index (χ0n) is 18.3. The fraction of sp³-hybridized carbons (Fsp3) is 0.880. The summed E-state index contributed by atoms with van der Waals surface area (Å²) in [7, 11) is 1.47. The van der Waals surface area contributed by atoms with Gasteiger partial charge in [0.05, 0.1) is 13.2 Å². The minimum absolute atomic E-state index is 0.0183. The lowest BCUT2D eigenvalue weighted by Crippen LogP contribution is -2.57. The van der Waals surface area contributed by atoms with Crippen molar-refractivity contribution in [3.05, 3.63) is 12.2 Å². The molecule has 3 nitrogen and oxygen atoms in total. The van der Waals surface area contributed by atoms with Gasteiger partial charge < -0.3 is 9.84 Å². The lowest BCUT2D eigenvalue weighted by molar-refractivity contribution is -0.159. The Bertz CT molecular complexity index is 627. The van der Waals surface area contributed by atoms with Gasteiger partial charge in [-0.3, -0.25) is 4.79 Å². The molecule has 0 radical (unpaired) electrons. The van der Waals surface area contributed by atoms with Gasteiger partial charge in [0.2, 0.25) is 0 Å². The van der Waals surface area contributed by atoms with Crippen LogP contribution in [0.1, 0.15) is 78.6 Å². The molecule has 0 bridgehead atoms. The largest absolute Gasteiger partial charge is 0.469 e. The molecule has 4 rings (SSSR count). The lowest BCUT2D eigenvalue weighted by Gasteiger charge is -2.61. The standard InChI is InChI=1S/C25H40O3/c1-16(8-13-23(27)28-4)19-11-12-20-18-10-9-17-7-5-6-14-24(17,2)21(18)15-22(26)25(19,20)3/h5,7,16-22,26H,6,8-15H2,1-4H3/t16-,17+,18+,19-,20+,21+,22+,24+,25-/m1/s1. The topological polar surface area (TPSA) is 46.5 Å². The van der Waals surface area contributed by atoms with Crippen molar-refractivity contribution in [2.45, 2.75) is 84.7 Å². The van der Waals surface area contributed by atoms with Crippen LogP contribution in [0.2, 0.25) is 0 Å². The molecule has 1 N–H and O–H groups in total. The molecule has 0 saturated heterocycles. The summed E-state index contributed by atoms with van der Waals surface area (Å²) in [6.07, 6.45) is 14.7. The van der Waals surface area contributed by atoms with E-state index in [1.54, 1.807) is 0 Å². The molecule has 3 heteroatoms. The molecule has 4 aliphatic carbocycles. The summed E-state index contributed by atoms with van der Waals surface area (Å²) >= 11 is 0. The van der Waals surface area contributed by atoms with Crippen LogP contribution in [0.15, 0.2) is 12.2 Å². The number of rotatable bonds is 4. The number of allylic oxidation sites excluding steroid dienone is 2. The molecule has 9 atom stereocenters. The van der Waals surface area contributed by atoms with Gasteiger partial charge in [0.1, 0.15) is 0 Å². The first-order valence-corrected chi connectivity index (χ1v) is 11.7. The first-order valence-electron chi connectivity index (χ1n) is 11.7. The molecular weight excluding hydrogens is 348 g/mol. The second-order valence-electron chi connectivity index (χ2n) is 10.9. The average Bonchev–Trinajstić information content (AvgIpc) is 3.05. The Hall–Kier alpha value is -0.830. The van der Waals surface area contributed by atoms with E-state index < -0.39 is 0 Å². The van der Waals surface area contributed by atoms with Crippen molar-refractivity contribution in [2.24, 2.45) is 46.3 Å². The first kappa shape index (κ1) is 20.4. The minimum atomic E-state index is -0.201. The molecule has 0 amide bonds. The molecule has 0 aliphatic heterocycles. The van der Waals surface area contributed by atoms with E-state index in [-0.39, 0.29) is 17.5 Å². The fourth-order valence-corrected chi connectivity index (χ4v) is 8.40. The third kappa shape index (κ3) is 2.99. The second kappa shape index (κ2) is 7.45. The van der Waals surface area contributed by atoms with Crippen molar-refractivity contribution >= 4 is 5.97 Å². The highest BCUT2D eigenvalue weighted by Gasteiger charge is 2.63. The third-order valence-electron chi connectivity index (χ3n) is 10.1.